The molecule has 16 rings (SSSR count). The average Bonchev–Trinajstić information content (AvgIpc) is 1.61. The van der Waals surface area contributed by atoms with Crippen molar-refractivity contribution in [1.82, 2.24) is 19.9 Å². The zero-order chi connectivity index (χ0) is 94.6. The third-order valence-corrected chi connectivity index (χ3v) is 20.2. The number of benzene rings is 10. The molecule has 23 nitrogen and oxygen atoms in total. The van der Waals surface area contributed by atoms with Crippen molar-refractivity contribution < 1.29 is 117 Å². The molecule has 13 aromatic rings. The van der Waals surface area contributed by atoms with Gasteiger partial charge < -0.3 is 101 Å². The second-order valence-electron chi connectivity index (χ2n) is 30.3. The topological polar surface area (TPSA) is 264 Å². The first-order chi connectivity index (χ1) is 66.3. The van der Waals surface area contributed by atoms with Gasteiger partial charge in [-0.1, -0.05) is 194 Å². The maximum Gasteiger partial charge on any atom is 4.00 e. The number of rotatable bonds is 30. The monoisotopic (exact) mass is 2000 g/mol. The van der Waals surface area contributed by atoms with Gasteiger partial charge in [-0.2, -0.15) is 0 Å². The van der Waals surface area contributed by atoms with Crippen molar-refractivity contribution >= 4 is 78.1 Å². The van der Waals surface area contributed by atoms with Crippen LogP contribution in [0.1, 0.15) is 33.9 Å². The molecule has 2 N–H and O–H groups in total. The van der Waals surface area contributed by atoms with Gasteiger partial charge in [0.15, 0.2) is 23.0 Å². The summed E-state index contributed by atoms with van der Waals surface area (Å²) in [5.74, 6) is 5.30. The summed E-state index contributed by atoms with van der Waals surface area (Å²) >= 11 is 0. The molecule has 0 saturated heterocycles. The average molecular weight is 2000 g/mol. The number of nitrogens with two attached hydrogens (primary N) is 1. The van der Waals surface area contributed by atoms with Crippen molar-refractivity contribution in [2.75, 3.05) is 159 Å². The number of ether oxygens (including phenoxy) is 16. The van der Waals surface area contributed by atoms with Crippen LogP contribution in [0.25, 0.3) is 90.9 Å². The number of fused-ring (bicyclic) bond motifs is 10. The van der Waals surface area contributed by atoms with E-state index in [-0.39, 0.29) is 35.4 Å². The van der Waals surface area contributed by atoms with E-state index in [9.17, 15) is 35.4 Å². The summed E-state index contributed by atoms with van der Waals surface area (Å²) in [4.78, 5) is 21.2. The predicted molar refractivity (Wildman–Crippen MR) is 515 cm³/mol. The maximum absolute atomic E-state index is 11.3. The fraction of sp³-hybridized carbons (Fsp3) is 0.245. The molecule has 0 atom stereocenters. The third kappa shape index (κ3) is 36.4. The van der Waals surface area contributed by atoms with Gasteiger partial charge in [-0.15, -0.1) is 33.6 Å². The molecule has 0 amide bonds. The van der Waals surface area contributed by atoms with Crippen LogP contribution in [-0.2, 0) is 51.0 Å². The molecule has 0 radical (unpaired) electrons. The van der Waals surface area contributed by atoms with Crippen molar-refractivity contribution in [1.29, 1.82) is 0 Å². The van der Waals surface area contributed by atoms with Crippen LogP contribution in [0.15, 0.2) is 291 Å². The fourth-order valence-electron chi connectivity index (χ4n) is 14.0. The minimum atomic E-state index is -10.7. The van der Waals surface area contributed by atoms with Crippen LogP contribution in [0.5, 0.6) is 57.5 Å². The molecule has 6 heterocycles. The Morgan fingerprint density at radius 1 is 0.277 bits per heavy atom. The zero-order valence-electron chi connectivity index (χ0n) is 75.3. The Hall–Kier alpha value is -12.8. The maximum atomic E-state index is 11.3. The number of hydrogen-bond acceptors (Lipinski definition) is 20. The normalized spacial score (nSPS) is 13.6. The largest absolute Gasteiger partial charge is 4.00 e. The summed E-state index contributed by atoms with van der Waals surface area (Å²) in [7, 11) is -10.7. The summed E-state index contributed by atoms with van der Waals surface area (Å²) < 4.78 is 149. The van der Waals surface area contributed by atoms with Crippen molar-refractivity contribution in [2.45, 2.75) is 13.1 Å². The summed E-state index contributed by atoms with van der Waals surface area (Å²) in [5, 5.41) is 24.8. The van der Waals surface area contributed by atoms with Crippen LogP contribution in [0.2, 0.25) is 0 Å². The second kappa shape index (κ2) is 53.7. The molecule has 0 fully saturated rings. The number of hydrogen-bond donors (Lipinski definition) is 1. The number of halogens is 6. The number of aromatic nitrogens is 4. The van der Waals surface area contributed by atoms with Gasteiger partial charge in [0.25, 0.3) is 0 Å². The van der Waals surface area contributed by atoms with E-state index in [1.54, 1.807) is 24.3 Å². The van der Waals surface area contributed by atoms with E-state index in [0.29, 0.717) is 193 Å². The molecule has 10 aromatic carbocycles. The van der Waals surface area contributed by atoms with Crippen molar-refractivity contribution in [3.63, 3.8) is 0 Å². The van der Waals surface area contributed by atoms with Crippen LogP contribution in [0.3, 0.4) is 0 Å². The second-order valence-corrected chi connectivity index (χ2v) is 32.2. The van der Waals surface area contributed by atoms with Gasteiger partial charge in [0.1, 0.15) is 88.9 Å². The molecule has 8 bridgehead atoms. The van der Waals surface area contributed by atoms with E-state index in [2.05, 4.69) is 175 Å². The van der Waals surface area contributed by atoms with Crippen LogP contribution in [-0.4, -0.2) is 192 Å². The van der Waals surface area contributed by atoms with E-state index in [1.807, 2.05) is 97.1 Å². The van der Waals surface area contributed by atoms with Gasteiger partial charge >= 0.3 is 56.9 Å². The van der Waals surface area contributed by atoms with Gasteiger partial charge in [-0.05, 0) is 166 Å². The SMILES string of the molecule is C1=Cc2nc1c(-c1ccccc1)c1ccc([n-]1)c(-c1ccccc1)c1nc(c(-c3ccccc3)c3ccc([n-]3)c2-c2ccccc2)C=C1.F[P-](F)(F)(F)(F)F.[O-]c1cccc(OCCOCCOCCOc2ccc(C[NH2+]Cc3ccc(OCCOCCOCCOc4cccc([O-])c4)cc3)cc2)c1.[Sn+4].c1ccc2c(c1)OCCOCCOCCOc1ccccc1OCCOCCOCCO2. The van der Waals surface area contributed by atoms with E-state index in [0.717, 1.165) is 114 Å². The van der Waals surface area contributed by atoms with Crippen LogP contribution < -0.4 is 63.4 Å². The van der Waals surface area contributed by atoms with Gasteiger partial charge in [-0.3, -0.25) is 0 Å². The van der Waals surface area contributed by atoms with Crippen LogP contribution >= 0.6 is 7.81 Å². The smallest absolute Gasteiger partial charge is 0.872 e. The van der Waals surface area contributed by atoms with E-state index >= 15 is 0 Å². The first kappa shape index (κ1) is 103. The Morgan fingerprint density at radius 3 is 0.781 bits per heavy atom. The molecule has 714 valence electrons. The zero-order valence-corrected chi connectivity index (χ0v) is 79.1. The van der Waals surface area contributed by atoms with E-state index < -0.39 is 7.81 Å². The van der Waals surface area contributed by atoms with Gasteiger partial charge in [0.2, 0.25) is 0 Å². The molecular weight excluding hydrogens is 1890 g/mol. The molecule has 0 unspecified atom stereocenters. The summed E-state index contributed by atoms with van der Waals surface area (Å²) in [6, 6.07) is 94.0. The fourth-order valence-corrected chi connectivity index (χ4v) is 14.0. The first-order valence-corrected chi connectivity index (χ1v) is 46.6. The summed E-state index contributed by atoms with van der Waals surface area (Å²) in [6.07, 6.45) is 8.41. The van der Waals surface area contributed by atoms with Gasteiger partial charge in [0.05, 0.1) is 128 Å². The van der Waals surface area contributed by atoms with E-state index in [1.165, 1.54) is 35.4 Å². The third-order valence-electron chi connectivity index (χ3n) is 20.2. The molecule has 3 aliphatic rings. The Balaban J connectivity index is 0.000000181. The minimum Gasteiger partial charge on any atom is -0.872 e. The molecule has 137 heavy (non-hydrogen) atoms. The molecule has 31 heteroatoms. The molecule has 3 aromatic heterocycles. The van der Waals surface area contributed by atoms with Crippen LogP contribution in [0, 0.1) is 0 Å². The summed E-state index contributed by atoms with van der Waals surface area (Å²) in [5.41, 5.74) is 17.5. The Morgan fingerprint density at radius 2 is 0.518 bits per heavy atom. The Labute approximate surface area is 808 Å². The molecular formula is C106H106F6N5O18PSn. The Bertz CT molecular complexity index is 5470. The number of quaternary nitrogens is 1. The minimum absolute atomic E-state index is 0. The van der Waals surface area contributed by atoms with Gasteiger partial charge in [0, 0.05) is 11.1 Å². The molecule has 3 aliphatic heterocycles. The quantitative estimate of drug-likeness (QED) is 0.0190. The number of nitrogens with zero attached hydrogens (tertiary/aromatic N) is 4. The van der Waals surface area contributed by atoms with E-state index in [4.69, 9.17) is 95.7 Å². The number of para-hydroxylation sites is 4. The molecule has 0 aliphatic carbocycles. The molecule has 0 saturated carbocycles. The van der Waals surface area contributed by atoms with Crippen molar-refractivity contribution in [3.8, 4) is 102 Å². The summed E-state index contributed by atoms with van der Waals surface area (Å²) in [6.45, 7) is 12.5. The first-order valence-electron chi connectivity index (χ1n) is 44.5. The van der Waals surface area contributed by atoms with Gasteiger partial charge in [-0.25, -0.2) is 9.97 Å². The van der Waals surface area contributed by atoms with Crippen molar-refractivity contribution in [3.05, 3.63) is 325 Å². The van der Waals surface area contributed by atoms with Crippen molar-refractivity contribution in [2.24, 2.45) is 0 Å². The standard InChI is InChI=1S/C44H28N4.C38H47NO10.C24H32O8.F6P.Sn/c1-5-13-29(14-6-1)41-33-21-23-35(45-33)42(30-15-7-2-8-16-30)37-25-27-39(47-37)44(32-19-11-4-12-20-32)40-28-26-38(48-40)43(31-17-9-3-10-18-31)36-24-22-34(41)46-36;40-33-3-1-5-37(27-33)48-25-21-44-17-15-42-19-23-46-35-11-7-31(8-12-35)29-39-30-32-9-13-36(14-10-32)47-24-20-43-16-18-45-22-26-49-38-6-2-4-34(41)28-38;1-2-6-22-21(5-1)29-17-13-25-9-10-27-15-19-31-23-7-3-4-8-24(23)32-20-16-28-12-11-26-14-18-30-22;1-7(2,3,4,5)6;/h1-28H;1-14,27-28,39-41H,15-26,29-30H2;1-8H,9-20H2;;/q-2;;;-1;+4/p-1. The predicted octanol–water partition coefficient (Wildman–Crippen LogP) is 19.6. The van der Waals surface area contributed by atoms with Crippen LogP contribution in [0.4, 0.5) is 25.2 Å². The Kier molecular flexibility index (Phi) is 40.4. The molecule has 0 spiro atoms.